The molecule has 0 fully saturated rings. The van der Waals surface area contributed by atoms with E-state index in [2.05, 4.69) is 6.92 Å². The number of thiophene rings is 1. The van der Waals surface area contributed by atoms with Gasteiger partial charge in [0.2, 0.25) is 5.78 Å². The Morgan fingerprint density at radius 1 is 1.18 bits per heavy atom. The fourth-order valence-corrected chi connectivity index (χ4v) is 4.00. The summed E-state index contributed by atoms with van der Waals surface area (Å²) in [7, 11) is 0. The average molecular weight is 400 g/mol. The molecule has 2 aromatic rings. The van der Waals surface area contributed by atoms with E-state index < -0.39 is 17.7 Å². The Bertz CT molecular complexity index is 855. The lowest BCUT2D eigenvalue weighted by molar-refractivity contribution is -0.129. The molecule has 0 aliphatic carbocycles. The van der Waals surface area contributed by atoms with Crippen molar-refractivity contribution in [3.05, 3.63) is 63.6 Å². The van der Waals surface area contributed by atoms with Crippen molar-refractivity contribution in [2.75, 3.05) is 13.2 Å². The van der Waals surface area contributed by atoms with E-state index in [1.165, 1.54) is 11.3 Å². The zero-order valence-electron chi connectivity index (χ0n) is 16.2. The molecule has 28 heavy (non-hydrogen) atoms. The van der Waals surface area contributed by atoms with E-state index in [1.807, 2.05) is 36.6 Å². The second kappa shape index (κ2) is 9.06. The highest BCUT2D eigenvalue weighted by molar-refractivity contribution is 7.12. The van der Waals surface area contributed by atoms with E-state index in [0.29, 0.717) is 18.0 Å². The number of Topliss-reactive ketones (excluding diaryl/α,β-unsaturated/α-hetero) is 1. The third-order valence-electron chi connectivity index (χ3n) is 4.72. The number of ketones is 1. The van der Waals surface area contributed by atoms with E-state index in [4.69, 9.17) is 4.74 Å². The van der Waals surface area contributed by atoms with Gasteiger partial charge in [0.05, 0.1) is 23.1 Å². The van der Waals surface area contributed by atoms with E-state index in [9.17, 15) is 14.7 Å². The molecule has 5 nitrogen and oxygen atoms in total. The van der Waals surface area contributed by atoms with Gasteiger partial charge in [0.1, 0.15) is 5.75 Å². The zero-order valence-corrected chi connectivity index (χ0v) is 17.0. The number of ether oxygens (including phenoxy) is 1. The Hall–Kier alpha value is -2.60. The van der Waals surface area contributed by atoms with Gasteiger partial charge in [-0.1, -0.05) is 38.5 Å². The van der Waals surface area contributed by atoms with Crippen LogP contribution in [-0.4, -0.2) is 34.8 Å². The van der Waals surface area contributed by atoms with Gasteiger partial charge in [-0.2, -0.15) is 0 Å². The Labute approximate surface area is 169 Å². The summed E-state index contributed by atoms with van der Waals surface area (Å²) in [6, 6.07) is 10.3. The van der Waals surface area contributed by atoms with Crippen LogP contribution in [0, 0.1) is 0 Å². The number of hydrogen-bond donors (Lipinski definition) is 1. The van der Waals surface area contributed by atoms with E-state index >= 15 is 0 Å². The summed E-state index contributed by atoms with van der Waals surface area (Å²) >= 11 is 1.30. The van der Waals surface area contributed by atoms with Gasteiger partial charge in [-0.3, -0.25) is 9.59 Å². The van der Waals surface area contributed by atoms with Crippen LogP contribution in [0.1, 0.15) is 54.4 Å². The van der Waals surface area contributed by atoms with Crippen LogP contribution < -0.4 is 4.74 Å². The van der Waals surface area contributed by atoms with Gasteiger partial charge in [-0.15, -0.1) is 11.3 Å². The number of amides is 1. The summed E-state index contributed by atoms with van der Waals surface area (Å²) in [5.41, 5.74) is 0.939. The minimum absolute atomic E-state index is 0.153. The fraction of sp³-hybridized carbons (Fsp3) is 0.364. The molecule has 148 valence electrons. The Morgan fingerprint density at radius 3 is 2.54 bits per heavy atom. The maximum Gasteiger partial charge on any atom is 0.290 e. The molecule has 2 heterocycles. The molecule has 1 aromatic carbocycles. The molecule has 0 radical (unpaired) electrons. The molecule has 0 saturated carbocycles. The molecule has 0 spiro atoms. The summed E-state index contributed by atoms with van der Waals surface area (Å²) < 4.78 is 5.71. The van der Waals surface area contributed by atoms with Crippen molar-refractivity contribution in [2.24, 2.45) is 0 Å². The highest BCUT2D eigenvalue weighted by atomic mass is 32.1. The molecule has 1 aliphatic heterocycles. The highest BCUT2D eigenvalue weighted by Crippen LogP contribution is 2.39. The highest BCUT2D eigenvalue weighted by Gasteiger charge is 2.43. The van der Waals surface area contributed by atoms with Crippen LogP contribution >= 0.6 is 11.3 Å². The standard InChI is InChI=1S/C22H25NO4S/c1-3-5-13-27-16-10-8-15(9-11-16)19-18(20(24)17-7-6-14-28-17)21(25)22(26)23(19)12-4-2/h6-11,14,19,25H,3-5,12-13H2,1-2H3. The number of unbranched alkanes of at least 4 members (excludes halogenated alkanes) is 1. The topological polar surface area (TPSA) is 66.8 Å². The van der Waals surface area contributed by atoms with Crippen LogP contribution in [0.25, 0.3) is 0 Å². The van der Waals surface area contributed by atoms with Crippen molar-refractivity contribution in [2.45, 2.75) is 39.2 Å². The number of carbonyl (C=O) groups is 2. The summed E-state index contributed by atoms with van der Waals surface area (Å²) in [5.74, 6) is -0.481. The molecular formula is C22H25NO4S. The first-order valence-electron chi connectivity index (χ1n) is 9.63. The number of benzene rings is 1. The molecule has 0 bridgehead atoms. The zero-order chi connectivity index (χ0) is 20.1. The smallest absolute Gasteiger partial charge is 0.290 e. The van der Waals surface area contributed by atoms with Crippen LogP contribution in [0.4, 0.5) is 0 Å². The van der Waals surface area contributed by atoms with Gasteiger partial charge < -0.3 is 14.7 Å². The summed E-state index contributed by atoms with van der Waals surface area (Å²) in [6.07, 6.45) is 2.78. The number of hydrogen-bond acceptors (Lipinski definition) is 5. The molecule has 6 heteroatoms. The number of nitrogens with zero attached hydrogens (tertiary/aromatic N) is 1. The average Bonchev–Trinajstić information content (AvgIpc) is 3.32. The largest absolute Gasteiger partial charge is 0.503 e. The first-order chi connectivity index (χ1) is 13.6. The van der Waals surface area contributed by atoms with Gasteiger partial charge in [-0.05, 0) is 42.0 Å². The lowest BCUT2D eigenvalue weighted by Crippen LogP contribution is -2.31. The van der Waals surface area contributed by atoms with Gasteiger partial charge in [0.25, 0.3) is 5.91 Å². The van der Waals surface area contributed by atoms with Crippen molar-refractivity contribution in [3.8, 4) is 5.75 Å². The van der Waals surface area contributed by atoms with E-state index in [0.717, 1.165) is 30.6 Å². The lowest BCUT2D eigenvalue weighted by Gasteiger charge is -2.26. The minimum Gasteiger partial charge on any atom is -0.503 e. The maximum atomic E-state index is 13.0. The Kier molecular flexibility index (Phi) is 6.52. The first kappa shape index (κ1) is 20.1. The third kappa shape index (κ3) is 3.97. The molecule has 1 N–H and O–H groups in total. The molecule has 1 atom stereocenters. The molecule has 1 amide bonds. The van der Waals surface area contributed by atoms with Crippen molar-refractivity contribution >= 4 is 23.0 Å². The lowest BCUT2D eigenvalue weighted by atomic mass is 9.95. The molecule has 1 aliphatic rings. The molecular weight excluding hydrogens is 374 g/mol. The SMILES string of the molecule is CCCCOc1ccc(C2C(C(=O)c3cccs3)=C(O)C(=O)N2CCC)cc1. The van der Waals surface area contributed by atoms with Gasteiger partial charge >= 0.3 is 0 Å². The summed E-state index contributed by atoms with van der Waals surface area (Å²) in [4.78, 5) is 27.8. The fourth-order valence-electron chi connectivity index (χ4n) is 3.32. The van der Waals surface area contributed by atoms with Crippen LogP contribution in [-0.2, 0) is 4.79 Å². The van der Waals surface area contributed by atoms with Crippen LogP contribution in [0.3, 0.4) is 0 Å². The molecule has 0 saturated heterocycles. The van der Waals surface area contributed by atoms with E-state index in [1.54, 1.807) is 17.0 Å². The second-order valence-corrected chi connectivity index (χ2v) is 7.69. The summed E-state index contributed by atoms with van der Waals surface area (Å²) in [6.45, 7) is 5.19. The Morgan fingerprint density at radius 2 is 1.93 bits per heavy atom. The Balaban J connectivity index is 1.94. The van der Waals surface area contributed by atoms with E-state index in [-0.39, 0.29) is 11.4 Å². The van der Waals surface area contributed by atoms with Crippen molar-refractivity contribution < 1.29 is 19.4 Å². The number of rotatable bonds is 9. The monoisotopic (exact) mass is 399 g/mol. The number of carbonyl (C=O) groups excluding carboxylic acids is 2. The van der Waals surface area contributed by atoms with Crippen molar-refractivity contribution in [1.82, 2.24) is 4.90 Å². The van der Waals surface area contributed by atoms with Crippen LogP contribution in [0.5, 0.6) is 5.75 Å². The molecule has 3 rings (SSSR count). The molecule has 1 aromatic heterocycles. The predicted molar refractivity (Wildman–Crippen MR) is 110 cm³/mol. The van der Waals surface area contributed by atoms with Gasteiger partial charge in [0.15, 0.2) is 5.76 Å². The minimum atomic E-state index is -0.591. The third-order valence-corrected chi connectivity index (χ3v) is 5.59. The quantitative estimate of drug-likeness (QED) is 0.480. The summed E-state index contributed by atoms with van der Waals surface area (Å²) in [5, 5.41) is 12.3. The van der Waals surface area contributed by atoms with Crippen LogP contribution in [0.15, 0.2) is 53.1 Å². The first-order valence-corrected chi connectivity index (χ1v) is 10.5. The number of aliphatic hydroxyl groups excluding tert-OH is 1. The van der Waals surface area contributed by atoms with Gasteiger partial charge in [-0.25, -0.2) is 0 Å². The number of aliphatic hydroxyl groups is 1. The molecule has 1 unspecified atom stereocenters. The van der Waals surface area contributed by atoms with Crippen molar-refractivity contribution in [3.63, 3.8) is 0 Å². The predicted octanol–water partition coefficient (Wildman–Crippen LogP) is 4.92. The maximum absolute atomic E-state index is 13.0. The van der Waals surface area contributed by atoms with Gasteiger partial charge in [0, 0.05) is 6.54 Å². The normalized spacial score (nSPS) is 16.7. The van der Waals surface area contributed by atoms with Crippen molar-refractivity contribution in [1.29, 1.82) is 0 Å². The van der Waals surface area contributed by atoms with Crippen LogP contribution in [0.2, 0.25) is 0 Å². The second-order valence-electron chi connectivity index (χ2n) is 6.74.